The Morgan fingerprint density at radius 2 is 1.77 bits per heavy atom. The van der Waals surface area contributed by atoms with Gasteiger partial charge in [-0.15, -0.1) is 11.3 Å². The van der Waals surface area contributed by atoms with Crippen LogP contribution in [0.5, 0.6) is 0 Å². The molecule has 182 valence electrons. The van der Waals surface area contributed by atoms with Gasteiger partial charge in [-0.2, -0.15) is 0 Å². The maximum atomic E-state index is 13.1. The molecule has 4 aromatic rings. The number of H-pyrrole nitrogens is 1. The van der Waals surface area contributed by atoms with Gasteiger partial charge in [0.2, 0.25) is 0 Å². The van der Waals surface area contributed by atoms with Gasteiger partial charge in [0.25, 0.3) is 15.6 Å². The molecule has 15 heteroatoms. The number of urea groups is 1. The zero-order chi connectivity index (χ0) is 25.5. The molecule has 0 fully saturated rings. The number of nitrogens with one attached hydrogen (secondary N) is 4. The fraction of sp³-hybridized carbons (Fsp3) is 0.0500. The number of benzene rings is 2. The monoisotopic (exact) mass is 573 g/mol. The van der Waals surface area contributed by atoms with E-state index in [2.05, 4.69) is 15.6 Å². The average molecular weight is 575 g/mol. The van der Waals surface area contributed by atoms with Gasteiger partial charge >= 0.3 is 11.7 Å². The summed E-state index contributed by atoms with van der Waals surface area (Å²) in [5, 5.41) is 5.58. The van der Waals surface area contributed by atoms with Crippen LogP contribution in [0.25, 0.3) is 16.6 Å². The number of rotatable bonds is 5. The summed E-state index contributed by atoms with van der Waals surface area (Å²) in [7, 11) is -2.48. The molecule has 0 bridgehead atoms. The fourth-order valence-corrected chi connectivity index (χ4v) is 6.10. The fourth-order valence-electron chi connectivity index (χ4n) is 3.18. The molecule has 2 aromatic heterocycles. The van der Waals surface area contributed by atoms with Crippen LogP contribution in [0, 0.1) is 0 Å². The van der Waals surface area contributed by atoms with Crippen molar-refractivity contribution in [3.05, 3.63) is 77.7 Å². The predicted molar refractivity (Wildman–Crippen MR) is 138 cm³/mol. The number of hydrogen-bond donors (Lipinski definition) is 4. The lowest BCUT2D eigenvalue weighted by Gasteiger charge is -2.12. The van der Waals surface area contributed by atoms with Crippen LogP contribution in [0.3, 0.4) is 0 Å². The lowest BCUT2D eigenvalue weighted by Crippen LogP contribution is -2.34. The number of amides is 2. The molecule has 2 aromatic carbocycles. The Balaban J connectivity index is 1.64. The van der Waals surface area contributed by atoms with Crippen molar-refractivity contribution in [1.29, 1.82) is 0 Å². The number of fused-ring (bicyclic) bond motifs is 1. The third-order valence-electron chi connectivity index (χ3n) is 4.74. The average Bonchev–Trinajstić information content (AvgIpc) is 3.22. The van der Waals surface area contributed by atoms with Crippen LogP contribution in [-0.4, -0.2) is 31.0 Å². The maximum absolute atomic E-state index is 13.1. The molecule has 0 aliphatic heterocycles. The molecule has 35 heavy (non-hydrogen) atoms. The summed E-state index contributed by atoms with van der Waals surface area (Å²) in [5.74, 6) is 0. The molecule has 0 atom stereocenters. The van der Waals surface area contributed by atoms with E-state index in [-0.39, 0.29) is 40.9 Å². The molecule has 4 N–H and O–H groups in total. The molecule has 2 heterocycles. The number of carbonyl (C=O) groups is 1. The first-order valence-electron chi connectivity index (χ1n) is 9.55. The smallest absolute Gasteiger partial charge is 0.333 e. The topological polar surface area (TPSA) is 142 Å². The van der Waals surface area contributed by atoms with Crippen molar-refractivity contribution < 1.29 is 13.2 Å². The van der Waals surface area contributed by atoms with Crippen molar-refractivity contribution in [2.75, 3.05) is 17.7 Å². The number of aromatic amines is 1. The zero-order valence-corrected chi connectivity index (χ0v) is 21.4. The number of halogens is 3. The Kier molecular flexibility index (Phi) is 6.84. The molecule has 0 saturated heterocycles. The summed E-state index contributed by atoms with van der Waals surface area (Å²) >= 11 is 19.0. The van der Waals surface area contributed by atoms with Gasteiger partial charge in [-0.05, 0) is 42.5 Å². The molecule has 0 saturated carbocycles. The van der Waals surface area contributed by atoms with Crippen LogP contribution in [0.15, 0.2) is 56.3 Å². The number of sulfonamides is 1. The number of hydrogen-bond acceptors (Lipinski definition) is 7. The second-order valence-electron chi connectivity index (χ2n) is 6.98. The highest BCUT2D eigenvalue weighted by molar-refractivity contribution is 7.92. The number of aromatic nitrogens is 2. The van der Waals surface area contributed by atoms with Crippen molar-refractivity contribution in [2.24, 2.45) is 0 Å². The Morgan fingerprint density at radius 3 is 2.40 bits per heavy atom. The van der Waals surface area contributed by atoms with E-state index in [0.29, 0.717) is 5.69 Å². The second-order valence-corrected chi connectivity index (χ2v) is 11.4. The first kappa shape index (κ1) is 25.1. The molecule has 10 nitrogen and oxygen atoms in total. The van der Waals surface area contributed by atoms with Gasteiger partial charge in [0.15, 0.2) is 0 Å². The lowest BCUT2D eigenvalue weighted by atomic mass is 10.2. The van der Waals surface area contributed by atoms with Crippen LogP contribution in [0.4, 0.5) is 16.2 Å². The van der Waals surface area contributed by atoms with E-state index in [4.69, 9.17) is 34.8 Å². The highest BCUT2D eigenvalue weighted by Gasteiger charge is 2.20. The summed E-state index contributed by atoms with van der Waals surface area (Å²) in [6.45, 7) is 0. The Labute approximate surface area is 216 Å². The van der Waals surface area contributed by atoms with Gasteiger partial charge < -0.3 is 15.6 Å². The van der Waals surface area contributed by atoms with Gasteiger partial charge in [0, 0.05) is 12.7 Å². The lowest BCUT2D eigenvalue weighted by molar-refractivity contribution is 0.256. The summed E-state index contributed by atoms with van der Waals surface area (Å²) in [5.41, 5.74) is -0.433. The van der Waals surface area contributed by atoms with Crippen LogP contribution >= 0.6 is 46.1 Å². The normalized spacial score (nSPS) is 11.4. The Hall–Kier alpha value is -3.03. The van der Waals surface area contributed by atoms with Gasteiger partial charge in [0.1, 0.15) is 4.21 Å². The van der Waals surface area contributed by atoms with E-state index in [1.165, 1.54) is 42.5 Å². The first-order valence-corrected chi connectivity index (χ1v) is 13.0. The molecule has 0 spiro atoms. The summed E-state index contributed by atoms with van der Waals surface area (Å²) in [6.07, 6.45) is 0. The molecule has 0 unspecified atom stereocenters. The van der Waals surface area contributed by atoms with Gasteiger partial charge in [-0.25, -0.2) is 27.3 Å². The molecule has 4 rings (SSSR count). The van der Waals surface area contributed by atoms with Gasteiger partial charge in [0.05, 0.1) is 36.7 Å². The molecule has 2 amide bonds. The minimum absolute atomic E-state index is 0.0421. The zero-order valence-electron chi connectivity index (χ0n) is 17.5. The van der Waals surface area contributed by atoms with Crippen LogP contribution < -0.4 is 26.6 Å². The van der Waals surface area contributed by atoms with Crippen molar-refractivity contribution in [3.63, 3.8) is 0 Å². The second kappa shape index (κ2) is 9.55. The van der Waals surface area contributed by atoms with E-state index < -0.39 is 27.3 Å². The highest BCUT2D eigenvalue weighted by Crippen LogP contribution is 2.27. The summed E-state index contributed by atoms with van der Waals surface area (Å²) in [4.78, 5) is 40.6. The van der Waals surface area contributed by atoms with Crippen molar-refractivity contribution in [3.8, 4) is 5.69 Å². The van der Waals surface area contributed by atoms with E-state index >= 15 is 0 Å². The predicted octanol–water partition coefficient (Wildman–Crippen LogP) is 4.25. The number of thiophene rings is 1. The molecule has 0 aliphatic carbocycles. The number of carbonyl (C=O) groups excluding carboxylic acids is 1. The van der Waals surface area contributed by atoms with Crippen LogP contribution in [0.1, 0.15) is 0 Å². The third kappa shape index (κ3) is 5.02. The SMILES string of the molecule is CNc1cc2[nH]c(=O)n(-c3ccc(NC(=O)NS(=O)(=O)c4ccc(Cl)s4)cc3Cl)c(=O)c2cc1Cl. The number of anilines is 2. The molecule has 0 aliphatic rings. The molecular weight excluding hydrogens is 561 g/mol. The highest BCUT2D eigenvalue weighted by atomic mass is 35.5. The Morgan fingerprint density at radius 1 is 1.03 bits per heavy atom. The van der Waals surface area contributed by atoms with E-state index in [1.54, 1.807) is 7.05 Å². The standard InChI is InChI=1S/C20H14Cl3N5O5S2/c1-24-14-8-13-10(7-11(14)21)18(29)28(20(31)26-13)15-3-2-9(6-12(15)22)25-19(30)27-35(32,33)17-5-4-16(23)34-17/h2-8,24H,1H3,(H,26,31)(H2,25,27,30). The van der Waals surface area contributed by atoms with Gasteiger partial charge in [-0.1, -0.05) is 34.8 Å². The maximum Gasteiger partial charge on any atom is 0.333 e. The quantitative estimate of drug-likeness (QED) is 0.281. The number of nitrogens with zero attached hydrogens (tertiary/aromatic N) is 1. The van der Waals surface area contributed by atoms with E-state index in [9.17, 15) is 22.8 Å². The van der Waals surface area contributed by atoms with Crippen LogP contribution in [0.2, 0.25) is 14.4 Å². The largest absolute Gasteiger partial charge is 0.387 e. The minimum atomic E-state index is -4.13. The minimum Gasteiger partial charge on any atom is -0.387 e. The van der Waals surface area contributed by atoms with Gasteiger partial charge in [-0.3, -0.25) is 4.79 Å². The first-order chi connectivity index (χ1) is 16.5. The van der Waals surface area contributed by atoms with E-state index in [1.807, 2.05) is 4.72 Å². The third-order valence-corrected chi connectivity index (χ3v) is 8.41. The van der Waals surface area contributed by atoms with Crippen molar-refractivity contribution in [1.82, 2.24) is 14.3 Å². The molecular formula is C20H14Cl3N5O5S2. The van der Waals surface area contributed by atoms with Crippen molar-refractivity contribution in [2.45, 2.75) is 4.21 Å². The van der Waals surface area contributed by atoms with E-state index in [0.717, 1.165) is 15.9 Å². The van der Waals surface area contributed by atoms with Crippen molar-refractivity contribution >= 4 is 84.5 Å². The summed E-state index contributed by atoms with van der Waals surface area (Å²) < 4.78 is 27.3. The van der Waals surface area contributed by atoms with Crippen LogP contribution in [-0.2, 0) is 10.0 Å². The Bertz CT molecular complexity index is 1710. The summed E-state index contributed by atoms with van der Waals surface area (Å²) in [6, 6.07) is 8.51. The molecule has 0 radical (unpaired) electrons.